The molecule has 0 fully saturated rings. The molecule has 0 radical (unpaired) electrons. The van der Waals surface area contributed by atoms with Gasteiger partial charge in [0.15, 0.2) is 0 Å². The van der Waals surface area contributed by atoms with Crippen LogP contribution in [-0.2, 0) is 9.57 Å². The van der Waals surface area contributed by atoms with E-state index in [0.717, 1.165) is 5.06 Å². The van der Waals surface area contributed by atoms with Crippen LogP contribution in [0.2, 0.25) is 0 Å². The van der Waals surface area contributed by atoms with Crippen LogP contribution in [0, 0.1) is 0 Å². The predicted molar refractivity (Wildman–Crippen MR) is 127 cm³/mol. The number of rotatable bonds is 9. The van der Waals surface area contributed by atoms with Crippen molar-refractivity contribution in [1.82, 2.24) is 15.3 Å². The predicted octanol–water partition coefficient (Wildman–Crippen LogP) is 3.18. The van der Waals surface area contributed by atoms with Gasteiger partial charge < -0.3 is 10.1 Å². The molecule has 0 spiro atoms. The van der Waals surface area contributed by atoms with Crippen LogP contribution in [0.5, 0.6) is 0 Å². The highest BCUT2D eigenvalue weighted by Crippen LogP contribution is 2.28. The van der Waals surface area contributed by atoms with Crippen LogP contribution in [-0.4, -0.2) is 64.5 Å². The first-order valence-corrected chi connectivity index (χ1v) is 11.7. The van der Waals surface area contributed by atoms with Gasteiger partial charge in [0, 0.05) is 19.0 Å². The molecule has 10 heteroatoms. The highest BCUT2D eigenvalue weighted by Gasteiger charge is 2.40. The summed E-state index contributed by atoms with van der Waals surface area (Å²) in [6.07, 6.45) is -0.0985. The Morgan fingerprint density at radius 2 is 1.33 bits per heavy atom. The lowest BCUT2D eigenvalue weighted by molar-refractivity contribution is -0.0918. The fourth-order valence-electron chi connectivity index (χ4n) is 4.44. The van der Waals surface area contributed by atoms with E-state index < -0.39 is 29.6 Å². The molecule has 5 amide bonds. The number of benzene rings is 2. The van der Waals surface area contributed by atoms with Gasteiger partial charge in [-0.05, 0) is 51.5 Å². The Hall–Kier alpha value is -4.05. The van der Waals surface area contributed by atoms with Crippen LogP contribution in [0.1, 0.15) is 75.0 Å². The van der Waals surface area contributed by atoms with Gasteiger partial charge in [-0.15, -0.1) is 5.06 Å². The Kier molecular flexibility index (Phi) is 6.89. The highest BCUT2D eigenvalue weighted by atomic mass is 16.7. The first-order chi connectivity index (χ1) is 17.1. The van der Waals surface area contributed by atoms with Gasteiger partial charge in [0.05, 0.1) is 28.9 Å². The van der Waals surface area contributed by atoms with E-state index in [4.69, 9.17) is 9.57 Å². The van der Waals surface area contributed by atoms with E-state index in [1.54, 1.807) is 69.3 Å². The molecule has 2 aromatic carbocycles. The van der Waals surface area contributed by atoms with Crippen LogP contribution in [0.4, 0.5) is 4.79 Å². The first-order valence-electron chi connectivity index (χ1n) is 11.7. The molecule has 188 valence electrons. The Balaban J connectivity index is 1.20. The Morgan fingerprint density at radius 3 is 1.83 bits per heavy atom. The number of ether oxygens (including phenoxy) is 1. The third-order valence-electron chi connectivity index (χ3n) is 5.99. The zero-order valence-corrected chi connectivity index (χ0v) is 20.3. The Morgan fingerprint density at radius 1 is 0.861 bits per heavy atom. The molecule has 36 heavy (non-hydrogen) atoms. The van der Waals surface area contributed by atoms with Crippen molar-refractivity contribution in [1.29, 1.82) is 0 Å². The monoisotopic (exact) mass is 493 g/mol. The molecule has 0 aromatic heterocycles. The van der Waals surface area contributed by atoms with Crippen molar-refractivity contribution in [2.45, 2.75) is 45.3 Å². The quantitative estimate of drug-likeness (QED) is 0.420. The summed E-state index contributed by atoms with van der Waals surface area (Å²) < 4.78 is 5.51. The van der Waals surface area contributed by atoms with Crippen LogP contribution in [0.15, 0.2) is 48.5 Å². The number of nitrogens with zero attached hydrogens (tertiary/aromatic N) is 2. The molecular formula is C26H27N3O7. The number of nitrogens with one attached hydrogen (secondary N) is 1. The third-order valence-corrected chi connectivity index (χ3v) is 5.99. The maximum atomic E-state index is 12.7. The fraction of sp³-hybridized carbons (Fsp3) is 0.346. The zero-order chi connectivity index (χ0) is 26.0. The van der Waals surface area contributed by atoms with Crippen molar-refractivity contribution in [3.05, 3.63) is 70.8 Å². The van der Waals surface area contributed by atoms with Crippen molar-refractivity contribution in [3.63, 3.8) is 0 Å². The normalized spacial score (nSPS) is 15.8. The molecule has 4 rings (SSSR count). The van der Waals surface area contributed by atoms with Crippen LogP contribution in [0.3, 0.4) is 0 Å². The van der Waals surface area contributed by atoms with Gasteiger partial charge in [0.25, 0.3) is 23.6 Å². The Labute approximate surface area is 208 Å². The van der Waals surface area contributed by atoms with E-state index in [-0.39, 0.29) is 31.4 Å². The molecule has 2 aromatic rings. The second-order valence-corrected chi connectivity index (χ2v) is 9.29. The fourth-order valence-corrected chi connectivity index (χ4v) is 4.44. The van der Waals surface area contributed by atoms with Gasteiger partial charge in [-0.2, -0.15) is 0 Å². The van der Waals surface area contributed by atoms with Crippen LogP contribution < -0.4 is 5.32 Å². The SMILES string of the molecule is CC(CC(C)(C)OC(=O)NCCCON1C(=O)c2ccccc2C1=O)N1C(=O)c2ccccc2C1=O. The smallest absolute Gasteiger partial charge is 0.407 e. The molecule has 2 aliphatic rings. The molecular weight excluding hydrogens is 466 g/mol. The number of amides is 5. The summed E-state index contributed by atoms with van der Waals surface area (Å²) in [5.74, 6) is -1.75. The number of carbonyl (C=O) groups is 5. The minimum absolute atomic E-state index is 0.0336. The largest absolute Gasteiger partial charge is 0.443 e. The highest BCUT2D eigenvalue weighted by molar-refractivity contribution is 6.21. The van der Waals surface area contributed by atoms with Crippen molar-refractivity contribution in [3.8, 4) is 0 Å². The average molecular weight is 494 g/mol. The second-order valence-electron chi connectivity index (χ2n) is 9.29. The second kappa shape index (κ2) is 9.90. The van der Waals surface area contributed by atoms with E-state index in [1.807, 2.05) is 0 Å². The van der Waals surface area contributed by atoms with E-state index in [0.29, 0.717) is 28.7 Å². The van der Waals surface area contributed by atoms with Gasteiger partial charge in [-0.1, -0.05) is 24.3 Å². The number of fused-ring (bicyclic) bond motifs is 2. The number of hydrogen-bond donors (Lipinski definition) is 1. The molecule has 1 atom stereocenters. The lowest BCUT2D eigenvalue weighted by Gasteiger charge is -2.31. The number of hydrogen-bond acceptors (Lipinski definition) is 7. The van der Waals surface area contributed by atoms with Gasteiger partial charge in [0.2, 0.25) is 0 Å². The molecule has 0 saturated carbocycles. The number of alkyl carbamates (subject to hydrolysis) is 1. The molecule has 1 unspecified atom stereocenters. The summed E-state index contributed by atoms with van der Waals surface area (Å²) in [6.45, 7) is 5.36. The minimum atomic E-state index is -0.963. The molecule has 2 heterocycles. The lowest BCUT2D eigenvalue weighted by Crippen LogP contribution is -2.44. The topological polar surface area (TPSA) is 122 Å². The van der Waals surface area contributed by atoms with Crippen LogP contribution >= 0.6 is 0 Å². The molecule has 10 nitrogen and oxygen atoms in total. The van der Waals surface area contributed by atoms with Crippen molar-refractivity contribution in [2.24, 2.45) is 0 Å². The summed E-state index contributed by atoms with van der Waals surface area (Å²) in [7, 11) is 0. The van der Waals surface area contributed by atoms with E-state index in [1.165, 1.54) is 4.90 Å². The third kappa shape index (κ3) is 4.85. The standard InChI is InChI=1S/C26H27N3O7/c1-16(28-21(30)17-9-4-5-10-18(17)22(28)31)15-26(2,3)36-25(34)27-13-8-14-35-29-23(32)19-11-6-7-12-20(19)24(29)33/h4-7,9-12,16H,8,13-15H2,1-3H3,(H,27,34). The molecule has 0 aliphatic carbocycles. The molecule has 0 saturated heterocycles. The number of imide groups is 2. The molecule has 0 bridgehead atoms. The molecule has 1 N–H and O–H groups in total. The van der Waals surface area contributed by atoms with E-state index >= 15 is 0 Å². The minimum Gasteiger partial charge on any atom is -0.443 e. The van der Waals surface area contributed by atoms with Crippen LogP contribution in [0.25, 0.3) is 0 Å². The maximum Gasteiger partial charge on any atom is 0.407 e. The zero-order valence-electron chi connectivity index (χ0n) is 20.3. The number of hydroxylamine groups is 2. The van der Waals surface area contributed by atoms with Crippen molar-refractivity contribution < 1.29 is 33.5 Å². The summed E-state index contributed by atoms with van der Waals surface area (Å²) in [4.78, 5) is 68.7. The van der Waals surface area contributed by atoms with Crippen molar-refractivity contribution >= 4 is 29.7 Å². The lowest BCUT2D eigenvalue weighted by atomic mass is 9.99. The summed E-state index contributed by atoms with van der Waals surface area (Å²) >= 11 is 0. The average Bonchev–Trinajstić information content (AvgIpc) is 3.23. The summed E-state index contributed by atoms with van der Waals surface area (Å²) in [5.41, 5.74) is 0.363. The molecule has 2 aliphatic heterocycles. The van der Waals surface area contributed by atoms with E-state index in [9.17, 15) is 24.0 Å². The van der Waals surface area contributed by atoms with Gasteiger partial charge in [0.1, 0.15) is 5.60 Å². The maximum absolute atomic E-state index is 12.7. The summed E-state index contributed by atoms with van der Waals surface area (Å²) in [6, 6.07) is 12.6. The summed E-state index contributed by atoms with van der Waals surface area (Å²) in [5, 5.41) is 3.33. The van der Waals surface area contributed by atoms with Gasteiger partial charge >= 0.3 is 6.09 Å². The number of carbonyl (C=O) groups excluding carboxylic acids is 5. The van der Waals surface area contributed by atoms with Gasteiger partial charge in [-0.25, -0.2) is 4.79 Å². The first kappa shape index (κ1) is 25.1. The van der Waals surface area contributed by atoms with Gasteiger partial charge in [-0.3, -0.25) is 28.9 Å². The Bertz CT molecular complexity index is 1170. The van der Waals surface area contributed by atoms with E-state index in [2.05, 4.69) is 5.32 Å². The van der Waals surface area contributed by atoms with Crippen molar-refractivity contribution in [2.75, 3.05) is 13.2 Å².